The van der Waals surface area contributed by atoms with E-state index in [0.717, 1.165) is 29.5 Å². The number of halogens is 1. The summed E-state index contributed by atoms with van der Waals surface area (Å²) in [6.07, 6.45) is 1.17. The molecule has 0 heterocycles. The van der Waals surface area contributed by atoms with Crippen molar-refractivity contribution in [3.8, 4) is 5.75 Å². The van der Waals surface area contributed by atoms with Crippen molar-refractivity contribution in [3.63, 3.8) is 0 Å². The third-order valence-corrected chi connectivity index (χ3v) is 2.84. The van der Waals surface area contributed by atoms with Crippen molar-refractivity contribution in [2.45, 2.75) is 33.1 Å². The Labute approximate surface area is 109 Å². The Morgan fingerprint density at radius 1 is 1.35 bits per heavy atom. The van der Waals surface area contributed by atoms with Crippen LogP contribution in [0.4, 0.5) is 5.69 Å². The molecule has 3 heteroatoms. The largest absolute Gasteiger partial charge is 0.494 e. The van der Waals surface area contributed by atoms with Crippen LogP contribution in [0.15, 0.2) is 18.2 Å². The second-order valence-corrected chi connectivity index (χ2v) is 4.77. The second kappa shape index (κ2) is 7.44. The van der Waals surface area contributed by atoms with Gasteiger partial charge in [0.15, 0.2) is 0 Å². The van der Waals surface area contributed by atoms with Crippen LogP contribution in [0.5, 0.6) is 5.75 Å². The number of hydrogen-bond acceptors (Lipinski definition) is 2. The van der Waals surface area contributed by atoms with E-state index in [1.807, 2.05) is 19.1 Å². The van der Waals surface area contributed by atoms with Gasteiger partial charge in [0.25, 0.3) is 0 Å². The lowest BCUT2D eigenvalue weighted by Crippen LogP contribution is -2.05. The summed E-state index contributed by atoms with van der Waals surface area (Å²) < 4.78 is 5.51. The maximum atomic E-state index is 5.92. The standard InChI is InChI=1S/C14H22ClNO/c1-4-17-14-6-5-13(9-12(14)10-15)16-8-7-11(2)3/h5-6,9,11,16H,4,7-8,10H2,1-3H3. The fourth-order valence-corrected chi connectivity index (χ4v) is 1.80. The zero-order chi connectivity index (χ0) is 12.7. The maximum absolute atomic E-state index is 5.92. The predicted octanol–water partition coefficient (Wildman–Crippen LogP) is 4.28. The first kappa shape index (κ1) is 14.2. The van der Waals surface area contributed by atoms with Gasteiger partial charge in [0.2, 0.25) is 0 Å². The summed E-state index contributed by atoms with van der Waals surface area (Å²) >= 11 is 5.92. The van der Waals surface area contributed by atoms with Crippen LogP contribution in [0, 0.1) is 5.92 Å². The molecule has 0 saturated heterocycles. The van der Waals surface area contributed by atoms with E-state index in [2.05, 4.69) is 25.2 Å². The number of alkyl halides is 1. The van der Waals surface area contributed by atoms with E-state index in [4.69, 9.17) is 16.3 Å². The van der Waals surface area contributed by atoms with Gasteiger partial charge in [-0.2, -0.15) is 0 Å². The molecule has 1 N–H and O–H groups in total. The van der Waals surface area contributed by atoms with Gasteiger partial charge in [-0.05, 0) is 37.5 Å². The highest BCUT2D eigenvalue weighted by Crippen LogP contribution is 2.24. The molecule has 0 atom stereocenters. The van der Waals surface area contributed by atoms with Crippen LogP contribution in [-0.4, -0.2) is 13.2 Å². The van der Waals surface area contributed by atoms with Gasteiger partial charge in [-0.25, -0.2) is 0 Å². The lowest BCUT2D eigenvalue weighted by molar-refractivity contribution is 0.337. The van der Waals surface area contributed by atoms with E-state index < -0.39 is 0 Å². The van der Waals surface area contributed by atoms with E-state index in [1.165, 1.54) is 6.42 Å². The van der Waals surface area contributed by atoms with E-state index >= 15 is 0 Å². The van der Waals surface area contributed by atoms with E-state index in [-0.39, 0.29) is 0 Å². The SMILES string of the molecule is CCOc1ccc(NCCC(C)C)cc1CCl. The first-order chi connectivity index (χ1) is 8.17. The predicted molar refractivity (Wildman–Crippen MR) is 75.1 cm³/mol. The van der Waals surface area contributed by atoms with Crippen LogP contribution >= 0.6 is 11.6 Å². The lowest BCUT2D eigenvalue weighted by Gasteiger charge is -2.12. The van der Waals surface area contributed by atoms with E-state index in [9.17, 15) is 0 Å². The zero-order valence-electron chi connectivity index (χ0n) is 10.9. The van der Waals surface area contributed by atoms with E-state index in [0.29, 0.717) is 12.5 Å². The number of nitrogens with one attached hydrogen (secondary N) is 1. The zero-order valence-corrected chi connectivity index (χ0v) is 11.7. The molecule has 17 heavy (non-hydrogen) atoms. The van der Waals surface area contributed by atoms with Crippen LogP contribution < -0.4 is 10.1 Å². The van der Waals surface area contributed by atoms with Crippen molar-refractivity contribution < 1.29 is 4.74 Å². The van der Waals surface area contributed by atoms with Gasteiger partial charge in [0.05, 0.1) is 12.5 Å². The highest BCUT2D eigenvalue weighted by Gasteiger charge is 2.04. The molecule has 96 valence electrons. The number of rotatable bonds is 7. The third-order valence-electron chi connectivity index (χ3n) is 2.56. The first-order valence-electron chi connectivity index (χ1n) is 6.23. The summed E-state index contributed by atoms with van der Waals surface area (Å²) in [4.78, 5) is 0. The van der Waals surface area contributed by atoms with Crippen molar-refractivity contribution in [1.29, 1.82) is 0 Å². The van der Waals surface area contributed by atoms with Crippen LogP contribution in [0.1, 0.15) is 32.8 Å². The number of anilines is 1. The van der Waals surface area contributed by atoms with Crippen LogP contribution in [-0.2, 0) is 5.88 Å². The Hall–Kier alpha value is -0.890. The maximum Gasteiger partial charge on any atom is 0.123 e. The monoisotopic (exact) mass is 255 g/mol. The van der Waals surface area contributed by atoms with Crippen LogP contribution in [0.2, 0.25) is 0 Å². The molecular formula is C14H22ClNO. The van der Waals surface area contributed by atoms with Gasteiger partial charge in [0.1, 0.15) is 5.75 Å². The van der Waals surface area contributed by atoms with Gasteiger partial charge < -0.3 is 10.1 Å². The van der Waals surface area contributed by atoms with Gasteiger partial charge >= 0.3 is 0 Å². The molecule has 0 saturated carbocycles. The average Bonchev–Trinajstić information content (AvgIpc) is 2.30. The third kappa shape index (κ3) is 4.86. The Balaban J connectivity index is 2.62. The summed E-state index contributed by atoms with van der Waals surface area (Å²) in [5, 5.41) is 3.41. The Kier molecular flexibility index (Phi) is 6.20. The smallest absolute Gasteiger partial charge is 0.123 e. The molecule has 0 fully saturated rings. The molecule has 0 unspecified atom stereocenters. The summed E-state index contributed by atoms with van der Waals surface area (Å²) in [5.41, 5.74) is 2.16. The fraction of sp³-hybridized carbons (Fsp3) is 0.571. The molecule has 0 aliphatic carbocycles. The summed E-state index contributed by atoms with van der Waals surface area (Å²) in [5.74, 6) is 2.09. The highest BCUT2D eigenvalue weighted by molar-refractivity contribution is 6.17. The first-order valence-corrected chi connectivity index (χ1v) is 6.76. The minimum Gasteiger partial charge on any atom is -0.494 e. The normalized spacial score (nSPS) is 10.6. The minimum absolute atomic E-state index is 0.481. The van der Waals surface area contributed by atoms with Crippen molar-refractivity contribution in [1.82, 2.24) is 0 Å². The topological polar surface area (TPSA) is 21.3 Å². The highest BCUT2D eigenvalue weighted by atomic mass is 35.5. The molecule has 0 aliphatic rings. The molecule has 2 nitrogen and oxygen atoms in total. The van der Waals surface area contributed by atoms with Crippen molar-refractivity contribution in [3.05, 3.63) is 23.8 Å². The summed E-state index contributed by atoms with van der Waals surface area (Å²) in [7, 11) is 0. The number of ether oxygens (including phenoxy) is 1. The molecular weight excluding hydrogens is 234 g/mol. The minimum atomic E-state index is 0.481. The van der Waals surface area contributed by atoms with Crippen LogP contribution in [0.3, 0.4) is 0 Å². The molecule has 0 aromatic heterocycles. The van der Waals surface area contributed by atoms with Gasteiger partial charge in [0, 0.05) is 17.8 Å². The number of hydrogen-bond donors (Lipinski definition) is 1. The van der Waals surface area contributed by atoms with Crippen molar-refractivity contribution in [2.75, 3.05) is 18.5 Å². The Morgan fingerprint density at radius 3 is 2.71 bits per heavy atom. The summed E-state index contributed by atoms with van der Waals surface area (Å²) in [6.45, 7) is 8.10. The lowest BCUT2D eigenvalue weighted by atomic mass is 10.1. The fourth-order valence-electron chi connectivity index (χ4n) is 1.60. The molecule has 1 aromatic carbocycles. The average molecular weight is 256 g/mol. The van der Waals surface area contributed by atoms with Gasteiger partial charge in [-0.15, -0.1) is 11.6 Å². The molecule has 1 aromatic rings. The Morgan fingerprint density at radius 2 is 2.12 bits per heavy atom. The molecule has 0 amide bonds. The number of benzene rings is 1. The van der Waals surface area contributed by atoms with Gasteiger partial charge in [-0.1, -0.05) is 13.8 Å². The van der Waals surface area contributed by atoms with Crippen molar-refractivity contribution in [2.24, 2.45) is 5.92 Å². The molecule has 1 rings (SSSR count). The van der Waals surface area contributed by atoms with Gasteiger partial charge in [-0.3, -0.25) is 0 Å². The van der Waals surface area contributed by atoms with Crippen LogP contribution in [0.25, 0.3) is 0 Å². The molecule has 0 radical (unpaired) electrons. The Bertz CT molecular complexity index is 339. The summed E-state index contributed by atoms with van der Waals surface area (Å²) in [6, 6.07) is 6.10. The van der Waals surface area contributed by atoms with E-state index in [1.54, 1.807) is 0 Å². The molecule has 0 spiro atoms. The quantitative estimate of drug-likeness (QED) is 0.735. The second-order valence-electron chi connectivity index (χ2n) is 4.50. The molecule has 0 bridgehead atoms. The molecule has 0 aliphatic heterocycles. The van der Waals surface area contributed by atoms with Crippen molar-refractivity contribution >= 4 is 17.3 Å².